The lowest BCUT2D eigenvalue weighted by Crippen LogP contribution is -2.18. The number of thiazole rings is 1. The summed E-state index contributed by atoms with van der Waals surface area (Å²) >= 11 is 1.15. The van der Waals surface area contributed by atoms with Crippen LogP contribution in [0.1, 0.15) is 57.1 Å². The molecule has 31 heavy (non-hydrogen) atoms. The topological polar surface area (TPSA) is 84.2 Å². The van der Waals surface area contributed by atoms with Crippen LogP contribution in [0.4, 0.5) is 24.5 Å². The molecule has 0 unspecified atom stereocenters. The Morgan fingerprint density at radius 3 is 2.32 bits per heavy atom. The van der Waals surface area contributed by atoms with Crippen LogP contribution in [0.3, 0.4) is 0 Å². The van der Waals surface area contributed by atoms with Crippen molar-refractivity contribution in [2.45, 2.75) is 39.3 Å². The third kappa shape index (κ3) is 5.13. The second-order valence-electron chi connectivity index (χ2n) is 7.86. The molecule has 0 bridgehead atoms. The van der Waals surface area contributed by atoms with Gasteiger partial charge < -0.3 is 15.1 Å². The van der Waals surface area contributed by atoms with Crippen LogP contribution in [-0.4, -0.2) is 16.8 Å². The first kappa shape index (κ1) is 22.5. The smallest absolute Gasteiger partial charge is 0.418 e. The zero-order valence-corrected chi connectivity index (χ0v) is 18.0. The molecule has 2 heterocycles. The minimum atomic E-state index is -4.75. The number of anilines is 2. The molecular weight excluding hydrogens is 431 g/mol. The Kier molecular flexibility index (Phi) is 5.95. The molecule has 2 amide bonds. The first-order valence-corrected chi connectivity index (χ1v) is 10.0. The van der Waals surface area contributed by atoms with Crippen molar-refractivity contribution in [2.75, 3.05) is 10.6 Å². The van der Waals surface area contributed by atoms with Crippen molar-refractivity contribution >= 4 is 34.5 Å². The Morgan fingerprint density at radius 1 is 1.06 bits per heavy atom. The highest BCUT2D eigenvalue weighted by Gasteiger charge is 2.35. The number of aryl methyl sites for hydroxylation is 1. The zero-order valence-electron chi connectivity index (χ0n) is 17.2. The van der Waals surface area contributed by atoms with Crippen molar-refractivity contribution in [1.29, 1.82) is 0 Å². The monoisotopic (exact) mass is 451 g/mol. The first-order valence-electron chi connectivity index (χ1n) is 9.20. The van der Waals surface area contributed by atoms with Crippen molar-refractivity contribution in [3.63, 3.8) is 0 Å². The summed E-state index contributed by atoms with van der Waals surface area (Å²) in [5, 5.41) is 5.42. The van der Waals surface area contributed by atoms with E-state index in [0.717, 1.165) is 23.5 Å². The van der Waals surface area contributed by atoms with Gasteiger partial charge in [0, 0.05) is 11.1 Å². The number of hydrogen-bond acceptors (Lipinski definition) is 5. The fraction of sp³-hybridized carbons (Fsp3) is 0.286. The van der Waals surface area contributed by atoms with Crippen LogP contribution in [0.5, 0.6) is 0 Å². The third-order valence-electron chi connectivity index (χ3n) is 4.26. The number of halogens is 3. The van der Waals surface area contributed by atoms with Gasteiger partial charge in [0.25, 0.3) is 11.8 Å². The standard InChI is InChI=1S/C21H20F3N3O3S/c1-11-16(31-19(25-11)20(2,3)4)18(29)27-15-6-5-13(9-14(15)21(22,23)24)26-17(28)12-7-8-30-10-12/h5-10H,1-4H3,(H,26,28)(H,27,29). The molecule has 10 heteroatoms. The lowest BCUT2D eigenvalue weighted by molar-refractivity contribution is -0.136. The van der Waals surface area contributed by atoms with Crippen LogP contribution in [-0.2, 0) is 11.6 Å². The molecule has 3 aromatic rings. The number of furan rings is 1. The molecule has 2 N–H and O–H groups in total. The number of aromatic nitrogens is 1. The maximum Gasteiger partial charge on any atom is 0.418 e. The van der Waals surface area contributed by atoms with Crippen molar-refractivity contribution in [2.24, 2.45) is 0 Å². The Labute approximate surface area is 180 Å². The first-order chi connectivity index (χ1) is 14.4. The minimum Gasteiger partial charge on any atom is -0.472 e. The van der Waals surface area contributed by atoms with E-state index in [-0.39, 0.29) is 21.5 Å². The predicted octanol–water partition coefficient (Wildman–Crippen LogP) is 5.87. The molecule has 0 aliphatic heterocycles. The van der Waals surface area contributed by atoms with E-state index < -0.39 is 29.2 Å². The van der Waals surface area contributed by atoms with E-state index in [1.807, 2.05) is 20.8 Å². The summed E-state index contributed by atoms with van der Waals surface area (Å²) in [5.41, 5.74) is -1.24. The number of benzene rings is 1. The maximum atomic E-state index is 13.6. The van der Waals surface area contributed by atoms with Gasteiger partial charge in [0.05, 0.1) is 33.8 Å². The second kappa shape index (κ2) is 8.18. The highest BCUT2D eigenvalue weighted by Crippen LogP contribution is 2.37. The summed E-state index contributed by atoms with van der Waals surface area (Å²) in [6, 6.07) is 4.54. The van der Waals surface area contributed by atoms with E-state index in [1.54, 1.807) is 6.92 Å². The largest absolute Gasteiger partial charge is 0.472 e. The van der Waals surface area contributed by atoms with Crippen LogP contribution < -0.4 is 10.6 Å². The van der Waals surface area contributed by atoms with Crippen LogP contribution in [0, 0.1) is 6.92 Å². The molecule has 0 fully saturated rings. The number of nitrogens with zero attached hydrogens (tertiary/aromatic N) is 1. The number of rotatable bonds is 4. The van der Waals surface area contributed by atoms with Crippen LogP contribution in [0.2, 0.25) is 0 Å². The molecule has 3 rings (SSSR count). The van der Waals surface area contributed by atoms with Crippen LogP contribution in [0.25, 0.3) is 0 Å². The predicted molar refractivity (Wildman–Crippen MR) is 112 cm³/mol. The fourth-order valence-electron chi connectivity index (χ4n) is 2.67. The van der Waals surface area contributed by atoms with Gasteiger partial charge in [0.15, 0.2) is 0 Å². The molecule has 0 saturated carbocycles. The summed E-state index contributed by atoms with van der Waals surface area (Å²) < 4.78 is 45.7. The molecule has 0 atom stereocenters. The fourth-order valence-corrected chi connectivity index (χ4v) is 3.69. The van der Waals surface area contributed by atoms with E-state index in [1.165, 1.54) is 24.7 Å². The molecule has 2 aromatic heterocycles. The van der Waals surface area contributed by atoms with E-state index in [2.05, 4.69) is 15.6 Å². The number of nitrogens with one attached hydrogen (secondary N) is 2. The van der Waals surface area contributed by atoms with Gasteiger partial charge in [0.2, 0.25) is 0 Å². The lowest BCUT2D eigenvalue weighted by atomic mass is 9.98. The van der Waals surface area contributed by atoms with Crippen LogP contribution in [0.15, 0.2) is 41.2 Å². The van der Waals surface area contributed by atoms with Gasteiger partial charge in [-0.15, -0.1) is 11.3 Å². The van der Waals surface area contributed by atoms with Gasteiger partial charge in [-0.1, -0.05) is 20.8 Å². The SMILES string of the molecule is Cc1nc(C(C)(C)C)sc1C(=O)Nc1ccc(NC(=O)c2ccoc2)cc1C(F)(F)F. The summed E-state index contributed by atoms with van der Waals surface area (Å²) in [6.45, 7) is 7.45. The van der Waals surface area contributed by atoms with E-state index in [9.17, 15) is 22.8 Å². The van der Waals surface area contributed by atoms with E-state index in [4.69, 9.17) is 4.42 Å². The minimum absolute atomic E-state index is 0.0690. The summed E-state index contributed by atoms with van der Waals surface area (Å²) in [4.78, 5) is 29.4. The number of carbonyl (C=O) groups excluding carboxylic acids is 2. The molecule has 0 spiro atoms. The molecular formula is C21H20F3N3O3S. The molecule has 0 aliphatic carbocycles. The van der Waals surface area contributed by atoms with Gasteiger partial charge in [-0.25, -0.2) is 4.98 Å². The number of hydrogen-bond donors (Lipinski definition) is 2. The number of alkyl halides is 3. The summed E-state index contributed by atoms with van der Waals surface area (Å²) in [7, 11) is 0. The average molecular weight is 451 g/mol. The summed E-state index contributed by atoms with van der Waals surface area (Å²) in [5.74, 6) is -1.29. The highest BCUT2D eigenvalue weighted by molar-refractivity contribution is 7.14. The normalized spacial score (nSPS) is 12.0. The molecule has 0 radical (unpaired) electrons. The number of amides is 2. The average Bonchev–Trinajstić information content (AvgIpc) is 3.31. The van der Waals surface area contributed by atoms with E-state index >= 15 is 0 Å². The Balaban J connectivity index is 1.88. The molecule has 0 saturated heterocycles. The second-order valence-corrected chi connectivity index (χ2v) is 8.86. The zero-order chi connectivity index (χ0) is 23.0. The third-order valence-corrected chi connectivity index (χ3v) is 5.84. The van der Waals surface area contributed by atoms with Crippen LogP contribution >= 0.6 is 11.3 Å². The quantitative estimate of drug-likeness (QED) is 0.520. The van der Waals surface area contributed by atoms with Crippen molar-refractivity contribution < 1.29 is 27.2 Å². The molecule has 6 nitrogen and oxygen atoms in total. The van der Waals surface area contributed by atoms with E-state index in [0.29, 0.717) is 10.7 Å². The van der Waals surface area contributed by atoms with Gasteiger partial charge in [-0.3, -0.25) is 9.59 Å². The van der Waals surface area contributed by atoms with Gasteiger partial charge in [0.1, 0.15) is 11.1 Å². The van der Waals surface area contributed by atoms with Crippen molar-refractivity contribution in [1.82, 2.24) is 4.98 Å². The van der Waals surface area contributed by atoms with Crippen molar-refractivity contribution in [3.05, 3.63) is 63.5 Å². The molecule has 0 aliphatic rings. The summed E-state index contributed by atoms with van der Waals surface area (Å²) in [6.07, 6.45) is -2.29. The lowest BCUT2D eigenvalue weighted by Gasteiger charge is -2.15. The van der Waals surface area contributed by atoms with Gasteiger partial charge in [-0.2, -0.15) is 13.2 Å². The molecule has 1 aromatic carbocycles. The Hall–Kier alpha value is -3.14. The Bertz CT molecular complexity index is 1110. The number of carbonyl (C=O) groups is 2. The Morgan fingerprint density at radius 2 is 1.77 bits per heavy atom. The molecule has 164 valence electrons. The highest BCUT2D eigenvalue weighted by atomic mass is 32.1. The maximum absolute atomic E-state index is 13.6. The van der Waals surface area contributed by atoms with Crippen molar-refractivity contribution in [3.8, 4) is 0 Å². The van der Waals surface area contributed by atoms with Gasteiger partial charge in [-0.05, 0) is 31.2 Å². The van der Waals surface area contributed by atoms with Gasteiger partial charge >= 0.3 is 6.18 Å².